The largest absolute Gasteiger partial charge is 0.310 e. The zero-order valence-electron chi connectivity index (χ0n) is 10.2. The van der Waals surface area contributed by atoms with Gasteiger partial charge >= 0.3 is 0 Å². The third kappa shape index (κ3) is 3.95. The molecule has 6 heteroatoms. The number of halogens is 1. The molecule has 0 saturated carbocycles. The van der Waals surface area contributed by atoms with Crippen LogP contribution in [0.2, 0.25) is 5.02 Å². The Balaban J connectivity index is 2.17. The third-order valence-corrected chi connectivity index (χ3v) is 4.32. The molecule has 3 nitrogen and oxygen atoms in total. The first-order chi connectivity index (χ1) is 8.65. The van der Waals surface area contributed by atoms with E-state index in [2.05, 4.69) is 34.6 Å². The van der Waals surface area contributed by atoms with Crippen molar-refractivity contribution in [3.05, 3.63) is 35.1 Å². The van der Waals surface area contributed by atoms with Gasteiger partial charge in [-0.15, -0.1) is 0 Å². The first-order valence-electron chi connectivity index (χ1n) is 5.61. The number of benzene rings is 1. The first kappa shape index (κ1) is 13.8. The van der Waals surface area contributed by atoms with Crippen LogP contribution in [0.1, 0.15) is 19.4 Å². The van der Waals surface area contributed by atoms with Crippen molar-refractivity contribution in [1.82, 2.24) is 14.7 Å². The minimum atomic E-state index is 0.458. The first-order valence-corrected chi connectivity index (χ1v) is 7.58. The fourth-order valence-corrected chi connectivity index (χ4v) is 3.19. The Morgan fingerprint density at radius 1 is 1.44 bits per heavy atom. The Kier molecular flexibility index (Phi) is 5.00. The molecule has 96 valence electrons. The molecule has 0 spiro atoms. The summed E-state index contributed by atoms with van der Waals surface area (Å²) in [6, 6.07) is 6.41. The van der Waals surface area contributed by atoms with Crippen molar-refractivity contribution in [3.8, 4) is 0 Å². The summed E-state index contributed by atoms with van der Waals surface area (Å²) in [7, 11) is 0. The molecule has 1 aromatic heterocycles. The quantitative estimate of drug-likeness (QED) is 0.910. The number of rotatable bonds is 5. The molecule has 0 unspecified atom stereocenters. The molecule has 18 heavy (non-hydrogen) atoms. The lowest BCUT2D eigenvalue weighted by Crippen LogP contribution is -2.22. The highest BCUT2D eigenvalue weighted by atomic mass is 35.5. The van der Waals surface area contributed by atoms with E-state index in [1.54, 1.807) is 18.1 Å². The van der Waals surface area contributed by atoms with Crippen molar-refractivity contribution >= 4 is 34.9 Å². The molecule has 0 aliphatic carbocycles. The average molecular weight is 300 g/mol. The predicted octanol–water partition coefficient (Wildman–Crippen LogP) is 3.84. The van der Waals surface area contributed by atoms with Gasteiger partial charge < -0.3 is 5.32 Å². The van der Waals surface area contributed by atoms with Crippen LogP contribution in [0, 0.1) is 0 Å². The molecule has 0 saturated heterocycles. The Morgan fingerprint density at radius 3 is 2.94 bits per heavy atom. The third-order valence-electron chi connectivity index (χ3n) is 2.27. The highest BCUT2D eigenvalue weighted by Gasteiger charge is 2.08. The van der Waals surface area contributed by atoms with E-state index in [1.807, 2.05) is 12.1 Å². The van der Waals surface area contributed by atoms with E-state index in [1.165, 1.54) is 17.1 Å². The standard InChI is InChI=1S/C12H14ClN3S2/c1-8(2)14-6-9-3-4-10(13)5-11(9)17-12-15-7-16-18-12/h3-5,7-8,14H,6H2,1-2H3. The summed E-state index contributed by atoms with van der Waals surface area (Å²) in [6.45, 7) is 5.09. The van der Waals surface area contributed by atoms with Gasteiger partial charge in [-0.1, -0.05) is 43.3 Å². The van der Waals surface area contributed by atoms with Gasteiger partial charge in [0.15, 0.2) is 4.34 Å². The summed E-state index contributed by atoms with van der Waals surface area (Å²) in [6.07, 6.45) is 1.57. The molecule has 0 bridgehead atoms. The molecule has 2 aromatic rings. The molecule has 1 aromatic carbocycles. The highest BCUT2D eigenvalue weighted by Crippen LogP contribution is 2.32. The maximum atomic E-state index is 6.05. The molecule has 1 heterocycles. The molecule has 0 atom stereocenters. The zero-order valence-corrected chi connectivity index (χ0v) is 12.6. The van der Waals surface area contributed by atoms with Gasteiger partial charge in [0, 0.05) is 22.5 Å². The maximum absolute atomic E-state index is 6.05. The van der Waals surface area contributed by atoms with E-state index in [0.717, 1.165) is 20.8 Å². The second-order valence-corrected chi connectivity index (χ2v) is 6.60. The van der Waals surface area contributed by atoms with Crippen molar-refractivity contribution in [1.29, 1.82) is 0 Å². The monoisotopic (exact) mass is 299 g/mol. The Labute approximate surface area is 120 Å². The number of hydrogen-bond acceptors (Lipinski definition) is 5. The minimum absolute atomic E-state index is 0.458. The van der Waals surface area contributed by atoms with Crippen LogP contribution in [0.3, 0.4) is 0 Å². The van der Waals surface area contributed by atoms with Gasteiger partial charge in [-0.25, -0.2) is 4.98 Å². The number of aromatic nitrogens is 2. The fourth-order valence-electron chi connectivity index (χ4n) is 1.39. The predicted molar refractivity (Wildman–Crippen MR) is 77.5 cm³/mol. The summed E-state index contributed by atoms with van der Waals surface area (Å²) < 4.78 is 4.94. The van der Waals surface area contributed by atoms with Crippen LogP contribution in [0.5, 0.6) is 0 Å². The second kappa shape index (κ2) is 6.52. The Morgan fingerprint density at radius 2 is 2.28 bits per heavy atom. The van der Waals surface area contributed by atoms with Gasteiger partial charge in [-0.05, 0) is 29.2 Å². The van der Waals surface area contributed by atoms with Crippen LogP contribution < -0.4 is 5.32 Å². The lowest BCUT2D eigenvalue weighted by Gasteiger charge is -2.11. The number of nitrogens with one attached hydrogen (secondary N) is 1. The number of hydrogen-bond donors (Lipinski definition) is 1. The molecule has 0 aliphatic rings. The van der Waals surface area contributed by atoms with Crippen molar-refractivity contribution in [3.63, 3.8) is 0 Å². The average Bonchev–Trinajstić information content (AvgIpc) is 2.80. The van der Waals surface area contributed by atoms with Crippen LogP contribution in [-0.4, -0.2) is 15.4 Å². The highest BCUT2D eigenvalue weighted by molar-refractivity contribution is 8.01. The normalized spacial score (nSPS) is 11.1. The molecule has 0 fully saturated rings. The lowest BCUT2D eigenvalue weighted by atomic mass is 10.2. The lowest BCUT2D eigenvalue weighted by molar-refractivity contribution is 0.585. The molecule has 0 aliphatic heterocycles. The summed E-state index contributed by atoms with van der Waals surface area (Å²) in [5.74, 6) is 0. The summed E-state index contributed by atoms with van der Waals surface area (Å²) >= 11 is 9.06. The second-order valence-electron chi connectivity index (χ2n) is 4.10. The molecular weight excluding hydrogens is 286 g/mol. The van der Waals surface area contributed by atoms with Crippen LogP contribution in [0.15, 0.2) is 33.8 Å². The van der Waals surface area contributed by atoms with Gasteiger partial charge in [0.25, 0.3) is 0 Å². The van der Waals surface area contributed by atoms with E-state index in [0.29, 0.717) is 6.04 Å². The SMILES string of the molecule is CC(C)NCc1ccc(Cl)cc1Sc1ncns1. The van der Waals surface area contributed by atoms with Gasteiger partial charge in [-0.3, -0.25) is 0 Å². The van der Waals surface area contributed by atoms with E-state index >= 15 is 0 Å². The van der Waals surface area contributed by atoms with Crippen LogP contribution in [0.25, 0.3) is 0 Å². The molecule has 0 amide bonds. The van der Waals surface area contributed by atoms with Crippen molar-refractivity contribution in [2.24, 2.45) is 0 Å². The van der Waals surface area contributed by atoms with Crippen molar-refractivity contribution in [2.75, 3.05) is 0 Å². The topological polar surface area (TPSA) is 37.8 Å². The Bertz CT molecular complexity index is 500. The maximum Gasteiger partial charge on any atom is 0.174 e. The van der Waals surface area contributed by atoms with Crippen molar-refractivity contribution in [2.45, 2.75) is 35.7 Å². The van der Waals surface area contributed by atoms with Gasteiger partial charge in [0.1, 0.15) is 6.33 Å². The summed E-state index contributed by atoms with van der Waals surface area (Å²) in [5, 5.41) is 4.16. The van der Waals surface area contributed by atoms with Crippen molar-refractivity contribution < 1.29 is 0 Å². The van der Waals surface area contributed by atoms with Crippen LogP contribution in [0.4, 0.5) is 0 Å². The smallest absolute Gasteiger partial charge is 0.174 e. The summed E-state index contributed by atoms with van der Waals surface area (Å²) in [5.41, 5.74) is 1.23. The minimum Gasteiger partial charge on any atom is -0.310 e. The van der Waals surface area contributed by atoms with E-state index in [9.17, 15) is 0 Å². The molecular formula is C12H14ClN3S2. The van der Waals surface area contributed by atoms with Crippen LogP contribution >= 0.6 is 34.9 Å². The van der Waals surface area contributed by atoms with Crippen LogP contribution in [-0.2, 0) is 6.54 Å². The Hall–Kier alpha value is -0.620. The van der Waals surface area contributed by atoms with Gasteiger partial charge in [0.05, 0.1) is 0 Å². The summed E-state index contributed by atoms with van der Waals surface area (Å²) in [4.78, 5) is 5.32. The van der Waals surface area contributed by atoms with E-state index < -0.39 is 0 Å². The molecule has 1 N–H and O–H groups in total. The molecule has 0 radical (unpaired) electrons. The molecule has 2 rings (SSSR count). The zero-order chi connectivity index (χ0) is 13.0. The fraction of sp³-hybridized carbons (Fsp3) is 0.333. The van der Waals surface area contributed by atoms with E-state index in [4.69, 9.17) is 11.6 Å². The van der Waals surface area contributed by atoms with E-state index in [-0.39, 0.29) is 0 Å². The van der Waals surface area contributed by atoms with Gasteiger partial charge in [-0.2, -0.15) is 4.37 Å². The number of nitrogens with zero attached hydrogens (tertiary/aromatic N) is 2. The van der Waals surface area contributed by atoms with Gasteiger partial charge in [0.2, 0.25) is 0 Å².